The summed E-state index contributed by atoms with van der Waals surface area (Å²) in [5.41, 5.74) is 0.576. The van der Waals surface area contributed by atoms with Crippen molar-refractivity contribution in [2.24, 2.45) is 0 Å². The molecular formula is C13H9F3N2OS. The van der Waals surface area contributed by atoms with Gasteiger partial charge in [-0.15, -0.1) is 11.3 Å². The minimum atomic E-state index is -1.54. The van der Waals surface area contributed by atoms with Crippen molar-refractivity contribution in [1.29, 1.82) is 0 Å². The van der Waals surface area contributed by atoms with Crippen molar-refractivity contribution in [2.45, 2.75) is 12.5 Å². The number of benzene rings is 1. The number of thiazole rings is 1. The highest BCUT2D eigenvalue weighted by Gasteiger charge is 2.17. The number of hydrogen-bond acceptors (Lipinski definition) is 3. The zero-order valence-corrected chi connectivity index (χ0v) is 10.9. The van der Waals surface area contributed by atoms with Gasteiger partial charge in [-0.25, -0.2) is 18.2 Å². The molecule has 2 heterocycles. The zero-order valence-electron chi connectivity index (χ0n) is 10.1. The van der Waals surface area contributed by atoms with Crippen molar-refractivity contribution in [3.8, 4) is 0 Å². The minimum absolute atomic E-state index is 0.0160. The summed E-state index contributed by atoms with van der Waals surface area (Å²) in [5, 5.41) is 11.8. The van der Waals surface area contributed by atoms with Crippen LogP contribution in [0, 0.1) is 17.5 Å². The van der Waals surface area contributed by atoms with Gasteiger partial charge in [0.25, 0.3) is 0 Å². The van der Waals surface area contributed by atoms with E-state index in [-0.39, 0.29) is 12.0 Å². The standard InChI is InChI=1S/C13H9F3N2OS/c14-9-3-7(4-10(15)12(9)16)11(19)5-8-6-18-1-2-20-13(18)17-8/h1-4,6,11,19H,5H2. The van der Waals surface area contributed by atoms with Gasteiger partial charge in [0, 0.05) is 24.2 Å². The van der Waals surface area contributed by atoms with E-state index in [2.05, 4.69) is 4.98 Å². The quantitative estimate of drug-likeness (QED) is 0.755. The van der Waals surface area contributed by atoms with E-state index in [4.69, 9.17) is 0 Å². The van der Waals surface area contributed by atoms with E-state index in [1.165, 1.54) is 11.3 Å². The van der Waals surface area contributed by atoms with Crippen LogP contribution in [0.4, 0.5) is 13.2 Å². The van der Waals surface area contributed by atoms with Crippen LogP contribution in [-0.4, -0.2) is 14.5 Å². The number of nitrogens with zero attached hydrogens (tertiary/aromatic N) is 2. The highest BCUT2D eigenvalue weighted by Crippen LogP contribution is 2.23. The molecule has 0 aliphatic rings. The first kappa shape index (κ1) is 13.1. The average Bonchev–Trinajstić information content (AvgIpc) is 2.96. The molecule has 1 N–H and O–H groups in total. The van der Waals surface area contributed by atoms with Crippen LogP contribution in [0.5, 0.6) is 0 Å². The molecule has 1 aromatic carbocycles. The molecule has 0 bridgehead atoms. The highest BCUT2D eigenvalue weighted by molar-refractivity contribution is 7.15. The predicted octanol–water partition coefficient (Wildman–Crippen LogP) is 3.09. The molecule has 0 saturated heterocycles. The Balaban J connectivity index is 1.85. The molecule has 20 heavy (non-hydrogen) atoms. The van der Waals surface area contributed by atoms with Gasteiger partial charge in [-0.3, -0.25) is 4.40 Å². The van der Waals surface area contributed by atoms with Crippen LogP contribution in [0.1, 0.15) is 17.4 Å². The van der Waals surface area contributed by atoms with Gasteiger partial charge in [-0.05, 0) is 17.7 Å². The van der Waals surface area contributed by atoms with Crippen molar-refractivity contribution in [3.63, 3.8) is 0 Å². The number of halogens is 3. The summed E-state index contributed by atoms with van der Waals surface area (Å²) >= 11 is 1.44. The number of imidazole rings is 1. The second-order valence-corrected chi connectivity index (χ2v) is 5.22. The largest absolute Gasteiger partial charge is 0.388 e. The SMILES string of the molecule is OC(Cc1cn2ccsc2n1)c1cc(F)c(F)c(F)c1. The monoisotopic (exact) mass is 298 g/mol. The van der Waals surface area contributed by atoms with E-state index in [0.717, 1.165) is 17.1 Å². The van der Waals surface area contributed by atoms with Gasteiger partial charge in [0.1, 0.15) is 0 Å². The van der Waals surface area contributed by atoms with Crippen LogP contribution in [-0.2, 0) is 6.42 Å². The van der Waals surface area contributed by atoms with Crippen LogP contribution in [0.15, 0.2) is 29.9 Å². The Morgan fingerprint density at radius 2 is 1.95 bits per heavy atom. The van der Waals surface area contributed by atoms with Gasteiger partial charge >= 0.3 is 0 Å². The number of hydrogen-bond donors (Lipinski definition) is 1. The fraction of sp³-hybridized carbons (Fsp3) is 0.154. The van der Waals surface area contributed by atoms with E-state index in [9.17, 15) is 18.3 Å². The number of rotatable bonds is 3. The summed E-state index contributed by atoms with van der Waals surface area (Å²) in [5.74, 6) is -4.17. The van der Waals surface area contributed by atoms with E-state index in [1.54, 1.807) is 10.6 Å². The van der Waals surface area contributed by atoms with Crippen LogP contribution in [0.3, 0.4) is 0 Å². The number of fused-ring (bicyclic) bond motifs is 1. The molecule has 2 aromatic heterocycles. The van der Waals surface area contributed by atoms with Gasteiger partial charge < -0.3 is 5.11 Å². The van der Waals surface area contributed by atoms with Crippen LogP contribution < -0.4 is 0 Å². The number of aliphatic hydroxyl groups is 1. The third-order valence-electron chi connectivity index (χ3n) is 2.94. The fourth-order valence-electron chi connectivity index (χ4n) is 1.96. The third kappa shape index (κ3) is 2.30. The maximum atomic E-state index is 13.1. The van der Waals surface area contributed by atoms with E-state index < -0.39 is 23.6 Å². The Bertz CT molecular complexity index is 716. The lowest BCUT2D eigenvalue weighted by Gasteiger charge is -2.10. The minimum Gasteiger partial charge on any atom is -0.388 e. The third-order valence-corrected chi connectivity index (χ3v) is 3.71. The smallest absolute Gasteiger partial charge is 0.194 e. The summed E-state index contributed by atoms with van der Waals surface area (Å²) in [6, 6.07) is 1.59. The van der Waals surface area contributed by atoms with Gasteiger partial charge in [-0.2, -0.15) is 0 Å². The Morgan fingerprint density at radius 1 is 1.25 bits per heavy atom. The summed E-state index contributed by atoms with van der Waals surface area (Å²) < 4.78 is 40.9. The Morgan fingerprint density at radius 3 is 2.60 bits per heavy atom. The van der Waals surface area contributed by atoms with Gasteiger partial charge in [0.05, 0.1) is 11.8 Å². The van der Waals surface area contributed by atoms with Crippen LogP contribution in [0.25, 0.3) is 4.96 Å². The zero-order chi connectivity index (χ0) is 14.3. The van der Waals surface area contributed by atoms with E-state index >= 15 is 0 Å². The molecule has 3 aromatic rings. The van der Waals surface area contributed by atoms with Crippen molar-refractivity contribution in [3.05, 3.63) is 58.6 Å². The fourth-order valence-corrected chi connectivity index (χ4v) is 2.68. The molecular weight excluding hydrogens is 289 g/mol. The van der Waals surface area contributed by atoms with Gasteiger partial charge in [0.2, 0.25) is 0 Å². The molecule has 0 aliphatic carbocycles. The molecule has 0 spiro atoms. The second-order valence-electron chi connectivity index (χ2n) is 4.34. The molecule has 0 radical (unpaired) electrons. The molecule has 0 fully saturated rings. The topological polar surface area (TPSA) is 37.5 Å². The van der Waals surface area contributed by atoms with E-state index in [1.807, 2.05) is 11.6 Å². The molecule has 1 unspecified atom stereocenters. The molecule has 0 aliphatic heterocycles. The van der Waals surface area contributed by atoms with Gasteiger partial charge in [-0.1, -0.05) is 0 Å². The van der Waals surface area contributed by atoms with Crippen LogP contribution in [0.2, 0.25) is 0 Å². The first-order valence-corrected chi connectivity index (χ1v) is 6.66. The maximum absolute atomic E-state index is 13.1. The molecule has 0 amide bonds. The molecule has 104 valence electrons. The van der Waals surface area contributed by atoms with Crippen molar-refractivity contribution >= 4 is 16.3 Å². The lowest BCUT2D eigenvalue weighted by Crippen LogP contribution is -2.05. The van der Waals surface area contributed by atoms with Crippen molar-refractivity contribution in [1.82, 2.24) is 9.38 Å². The molecule has 7 heteroatoms. The summed E-state index contributed by atoms with van der Waals surface area (Å²) in [6.07, 6.45) is 2.49. The van der Waals surface area contributed by atoms with Crippen molar-refractivity contribution < 1.29 is 18.3 Å². The number of aliphatic hydroxyl groups excluding tert-OH is 1. The summed E-state index contributed by atoms with van der Waals surface area (Å²) in [7, 11) is 0. The Kier molecular flexibility index (Phi) is 3.23. The normalized spacial score (nSPS) is 13.0. The van der Waals surface area contributed by atoms with Crippen LogP contribution >= 0.6 is 11.3 Å². The Labute approximate surface area is 115 Å². The lowest BCUT2D eigenvalue weighted by molar-refractivity contribution is 0.176. The predicted molar refractivity (Wildman–Crippen MR) is 68.0 cm³/mol. The summed E-state index contributed by atoms with van der Waals surface area (Å²) in [4.78, 5) is 5.03. The first-order valence-electron chi connectivity index (χ1n) is 5.78. The molecule has 1 atom stereocenters. The Hall–Kier alpha value is -1.86. The highest BCUT2D eigenvalue weighted by atomic mass is 32.1. The van der Waals surface area contributed by atoms with Crippen molar-refractivity contribution in [2.75, 3.05) is 0 Å². The lowest BCUT2D eigenvalue weighted by atomic mass is 10.0. The summed E-state index contributed by atoms with van der Waals surface area (Å²) in [6.45, 7) is 0. The second kappa shape index (κ2) is 4.92. The maximum Gasteiger partial charge on any atom is 0.194 e. The molecule has 0 saturated carbocycles. The van der Waals surface area contributed by atoms with E-state index in [0.29, 0.717) is 5.69 Å². The average molecular weight is 298 g/mol. The number of aromatic nitrogens is 2. The first-order chi connectivity index (χ1) is 9.54. The van der Waals surface area contributed by atoms with Gasteiger partial charge in [0.15, 0.2) is 22.4 Å². The molecule has 3 rings (SSSR count). The molecule has 3 nitrogen and oxygen atoms in total.